The minimum absolute atomic E-state index is 0.134. The molecule has 2 heteroatoms. The molecule has 0 spiro atoms. The normalized spacial score (nSPS) is 20.4. The van der Waals surface area contributed by atoms with E-state index < -0.39 is 0 Å². The van der Waals surface area contributed by atoms with Crippen LogP contribution in [0.25, 0.3) is 0 Å². The molecule has 1 saturated carbocycles. The van der Waals surface area contributed by atoms with Gasteiger partial charge in [0.05, 0.1) is 0 Å². The average Bonchev–Trinajstić information content (AvgIpc) is 2.56. The van der Waals surface area contributed by atoms with Gasteiger partial charge in [-0.1, -0.05) is 55.5 Å². The first-order valence-corrected chi connectivity index (χ1v) is 6.61. The summed E-state index contributed by atoms with van der Waals surface area (Å²) in [7, 11) is 0. The Hall–Kier alpha value is -0.530. The van der Waals surface area contributed by atoms with Crippen LogP contribution in [0.3, 0.4) is 0 Å². The lowest BCUT2D eigenvalue weighted by atomic mass is 9.74. The first kappa shape index (κ1) is 11.9. The number of benzene rings is 1. The summed E-state index contributed by atoms with van der Waals surface area (Å²) in [6, 6.07) is 8.20. The van der Waals surface area contributed by atoms with Crippen molar-refractivity contribution >= 4 is 11.6 Å². The molecular formula is C14H20ClN. The van der Waals surface area contributed by atoms with Crippen LogP contribution in [-0.2, 0) is 5.41 Å². The molecule has 0 aliphatic heterocycles. The maximum absolute atomic E-state index is 6.32. The fourth-order valence-corrected chi connectivity index (χ4v) is 3.22. The Morgan fingerprint density at radius 1 is 1.06 bits per heavy atom. The summed E-state index contributed by atoms with van der Waals surface area (Å²) in [6.45, 7) is 0.719. The predicted molar refractivity (Wildman–Crippen MR) is 69.9 cm³/mol. The molecule has 2 rings (SSSR count). The van der Waals surface area contributed by atoms with Crippen molar-refractivity contribution in [2.75, 3.05) is 6.54 Å². The van der Waals surface area contributed by atoms with Crippen molar-refractivity contribution < 1.29 is 0 Å². The standard InChI is InChI=1S/C14H20ClN/c15-13-8-4-3-7-12(13)14(11-16)9-5-1-2-6-10-14/h3-4,7-8H,1-2,5-6,9-11,16H2. The van der Waals surface area contributed by atoms with Gasteiger partial charge in [0.1, 0.15) is 0 Å². The lowest BCUT2D eigenvalue weighted by Gasteiger charge is -2.32. The quantitative estimate of drug-likeness (QED) is 0.776. The Morgan fingerprint density at radius 3 is 2.25 bits per heavy atom. The lowest BCUT2D eigenvalue weighted by Crippen LogP contribution is -2.34. The van der Waals surface area contributed by atoms with Gasteiger partial charge in [-0.25, -0.2) is 0 Å². The van der Waals surface area contributed by atoms with Crippen LogP contribution in [0.15, 0.2) is 24.3 Å². The van der Waals surface area contributed by atoms with Gasteiger partial charge in [0, 0.05) is 17.0 Å². The molecule has 1 aliphatic rings. The zero-order chi connectivity index (χ0) is 11.4. The molecule has 1 aromatic rings. The van der Waals surface area contributed by atoms with Gasteiger partial charge >= 0.3 is 0 Å². The monoisotopic (exact) mass is 237 g/mol. The van der Waals surface area contributed by atoms with Crippen molar-refractivity contribution in [1.29, 1.82) is 0 Å². The summed E-state index contributed by atoms with van der Waals surface area (Å²) >= 11 is 6.32. The highest BCUT2D eigenvalue weighted by Crippen LogP contribution is 2.40. The van der Waals surface area contributed by atoms with Crippen LogP contribution in [0.2, 0.25) is 5.02 Å². The SMILES string of the molecule is NCC1(c2ccccc2Cl)CCCCCC1. The largest absolute Gasteiger partial charge is 0.330 e. The lowest BCUT2D eigenvalue weighted by molar-refractivity contribution is 0.381. The van der Waals surface area contributed by atoms with E-state index in [-0.39, 0.29) is 5.41 Å². The number of hydrogen-bond donors (Lipinski definition) is 1. The summed E-state index contributed by atoms with van der Waals surface area (Å²) in [5.41, 5.74) is 7.45. The molecular weight excluding hydrogens is 218 g/mol. The van der Waals surface area contributed by atoms with E-state index in [0.717, 1.165) is 11.6 Å². The molecule has 16 heavy (non-hydrogen) atoms. The Bertz CT molecular complexity index is 340. The molecule has 88 valence electrons. The van der Waals surface area contributed by atoms with Crippen LogP contribution in [0.1, 0.15) is 44.1 Å². The van der Waals surface area contributed by atoms with Crippen molar-refractivity contribution in [2.45, 2.75) is 43.9 Å². The van der Waals surface area contributed by atoms with Gasteiger partial charge in [-0.15, -0.1) is 0 Å². The Balaban J connectivity index is 2.36. The van der Waals surface area contributed by atoms with Crippen molar-refractivity contribution in [3.8, 4) is 0 Å². The second-order valence-corrected chi connectivity index (χ2v) is 5.29. The van der Waals surface area contributed by atoms with E-state index in [9.17, 15) is 0 Å². The summed E-state index contributed by atoms with van der Waals surface area (Å²) in [5.74, 6) is 0. The van der Waals surface area contributed by atoms with Gasteiger partial charge < -0.3 is 5.73 Å². The van der Waals surface area contributed by atoms with Crippen molar-refractivity contribution in [1.82, 2.24) is 0 Å². The zero-order valence-electron chi connectivity index (χ0n) is 9.71. The van der Waals surface area contributed by atoms with Gasteiger partial charge in [0.2, 0.25) is 0 Å². The van der Waals surface area contributed by atoms with Gasteiger partial charge in [0.25, 0.3) is 0 Å². The van der Waals surface area contributed by atoms with Crippen molar-refractivity contribution in [2.24, 2.45) is 5.73 Å². The van der Waals surface area contributed by atoms with E-state index in [4.69, 9.17) is 17.3 Å². The smallest absolute Gasteiger partial charge is 0.0444 e. The molecule has 1 nitrogen and oxygen atoms in total. The van der Waals surface area contributed by atoms with Crippen LogP contribution < -0.4 is 5.73 Å². The minimum Gasteiger partial charge on any atom is -0.330 e. The maximum atomic E-state index is 6.32. The molecule has 0 unspecified atom stereocenters. The Morgan fingerprint density at radius 2 is 1.69 bits per heavy atom. The first-order valence-electron chi connectivity index (χ1n) is 6.24. The summed E-state index contributed by atoms with van der Waals surface area (Å²) in [4.78, 5) is 0. The molecule has 0 saturated heterocycles. The second kappa shape index (κ2) is 5.20. The fourth-order valence-electron chi connectivity index (χ4n) is 2.88. The van der Waals surface area contributed by atoms with E-state index >= 15 is 0 Å². The van der Waals surface area contributed by atoms with Crippen LogP contribution in [-0.4, -0.2) is 6.54 Å². The summed E-state index contributed by atoms with van der Waals surface area (Å²) in [5, 5.41) is 0.884. The zero-order valence-corrected chi connectivity index (χ0v) is 10.5. The summed E-state index contributed by atoms with van der Waals surface area (Å²) in [6.07, 6.45) is 7.61. The number of hydrogen-bond acceptors (Lipinski definition) is 1. The third-order valence-corrected chi connectivity index (χ3v) is 4.23. The minimum atomic E-state index is 0.134. The van der Waals surface area contributed by atoms with Gasteiger partial charge in [-0.05, 0) is 24.5 Å². The molecule has 0 bridgehead atoms. The molecule has 0 heterocycles. The summed E-state index contributed by atoms with van der Waals surface area (Å²) < 4.78 is 0. The fraction of sp³-hybridized carbons (Fsp3) is 0.571. The van der Waals surface area contributed by atoms with E-state index in [1.54, 1.807) is 0 Å². The third-order valence-electron chi connectivity index (χ3n) is 3.90. The van der Waals surface area contributed by atoms with E-state index in [1.807, 2.05) is 12.1 Å². The Kier molecular flexibility index (Phi) is 3.88. The molecule has 1 fully saturated rings. The molecule has 2 N–H and O–H groups in total. The van der Waals surface area contributed by atoms with Gasteiger partial charge in [0.15, 0.2) is 0 Å². The van der Waals surface area contributed by atoms with Gasteiger partial charge in [-0.3, -0.25) is 0 Å². The van der Waals surface area contributed by atoms with E-state index in [1.165, 1.54) is 44.1 Å². The maximum Gasteiger partial charge on any atom is 0.0444 e. The van der Waals surface area contributed by atoms with Crippen molar-refractivity contribution in [3.05, 3.63) is 34.9 Å². The van der Waals surface area contributed by atoms with Crippen LogP contribution >= 0.6 is 11.6 Å². The van der Waals surface area contributed by atoms with Gasteiger partial charge in [-0.2, -0.15) is 0 Å². The number of halogens is 1. The Labute approximate surface area is 103 Å². The molecule has 0 amide bonds. The molecule has 1 aliphatic carbocycles. The molecule has 0 aromatic heterocycles. The topological polar surface area (TPSA) is 26.0 Å². The van der Waals surface area contributed by atoms with E-state index in [0.29, 0.717) is 0 Å². The molecule has 0 atom stereocenters. The predicted octanol–water partition coefficient (Wildman–Crippen LogP) is 3.89. The second-order valence-electron chi connectivity index (χ2n) is 4.88. The van der Waals surface area contributed by atoms with Crippen LogP contribution in [0, 0.1) is 0 Å². The third kappa shape index (κ3) is 2.26. The highest BCUT2D eigenvalue weighted by Gasteiger charge is 2.32. The number of nitrogens with two attached hydrogens (primary N) is 1. The average molecular weight is 238 g/mol. The number of rotatable bonds is 2. The van der Waals surface area contributed by atoms with E-state index in [2.05, 4.69) is 12.1 Å². The highest BCUT2D eigenvalue weighted by atomic mass is 35.5. The van der Waals surface area contributed by atoms with Crippen LogP contribution in [0.5, 0.6) is 0 Å². The van der Waals surface area contributed by atoms with Crippen LogP contribution in [0.4, 0.5) is 0 Å². The highest BCUT2D eigenvalue weighted by molar-refractivity contribution is 6.31. The van der Waals surface area contributed by atoms with Crippen molar-refractivity contribution in [3.63, 3.8) is 0 Å². The molecule has 0 radical (unpaired) electrons. The molecule has 1 aromatic carbocycles. The first-order chi connectivity index (χ1) is 7.78.